The quantitative estimate of drug-likeness (QED) is 0.387. The molecule has 0 saturated carbocycles. The molecule has 4 nitrogen and oxygen atoms in total. The molecule has 18 heavy (non-hydrogen) atoms. The number of benzene rings is 1. The molecule has 96 valence electrons. The summed E-state index contributed by atoms with van der Waals surface area (Å²) >= 11 is 0. The molecule has 0 heterocycles. The zero-order chi connectivity index (χ0) is 13.7. The molecule has 6 heteroatoms. The van der Waals surface area contributed by atoms with Crippen molar-refractivity contribution in [2.45, 2.75) is 6.92 Å². The highest BCUT2D eigenvalue weighted by atomic mass is 19.2. The number of rotatable bonds is 4. The van der Waals surface area contributed by atoms with Gasteiger partial charge in [0.05, 0.1) is 12.2 Å². The highest BCUT2D eigenvalue weighted by molar-refractivity contribution is 6.39. The minimum Gasteiger partial charge on any atom is -0.507 e. The summed E-state index contributed by atoms with van der Waals surface area (Å²) in [5, 5.41) is 9.44. The van der Waals surface area contributed by atoms with E-state index in [0.717, 1.165) is 18.2 Å². The second-order valence-corrected chi connectivity index (χ2v) is 3.22. The number of aliphatic hydroxyl groups is 1. The maximum absolute atomic E-state index is 13.2. The monoisotopic (exact) mass is 256 g/mol. The van der Waals surface area contributed by atoms with Crippen LogP contribution in [0.3, 0.4) is 0 Å². The summed E-state index contributed by atoms with van der Waals surface area (Å²) in [5.74, 6) is -5.65. The summed E-state index contributed by atoms with van der Waals surface area (Å²) < 4.78 is 30.5. The third kappa shape index (κ3) is 3.13. The third-order valence-electron chi connectivity index (χ3n) is 1.97. The van der Waals surface area contributed by atoms with E-state index in [4.69, 9.17) is 0 Å². The van der Waals surface area contributed by atoms with Gasteiger partial charge in [0, 0.05) is 6.08 Å². The van der Waals surface area contributed by atoms with Gasteiger partial charge in [-0.05, 0) is 19.1 Å². The molecule has 1 aromatic rings. The molecule has 0 bridgehead atoms. The van der Waals surface area contributed by atoms with Gasteiger partial charge in [-0.15, -0.1) is 0 Å². The van der Waals surface area contributed by atoms with Gasteiger partial charge < -0.3 is 9.84 Å². The number of halogens is 2. The van der Waals surface area contributed by atoms with Gasteiger partial charge in [0.25, 0.3) is 5.78 Å². The Bertz CT molecular complexity index is 509. The van der Waals surface area contributed by atoms with E-state index in [0.29, 0.717) is 6.08 Å². The molecule has 0 spiro atoms. The summed E-state index contributed by atoms with van der Waals surface area (Å²) in [6.07, 6.45) is 0.482. The molecule has 0 aliphatic heterocycles. The first-order valence-corrected chi connectivity index (χ1v) is 5.03. The lowest BCUT2D eigenvalue weighted by Crippen LogP contribution is -2.15. The Morgan fingerprint density at radius 2 is 2.06 bits per heavy atom. The molecule has 0 radical (unpaired) electrons. The lowest BCUT2D eigenvalue weighted by Gasteiger charge is -2.02. The minimum atomic E-state index is -1.30. The molecule has 1 rings (SSSR count). The van der Waals surface area contributed by atoms with E-state index >= 15 is 0 Å². The van der Waals surface area contributed by atoms with Crippen LogP contribution in [0.2, 0.25) is 0 Å². The van der Waals surface area contributed by atoms with E-state index < -0.39 is 34.7 Å². The molecular formula is C12H10F2O4. The Morgan fingerprint density at radius 3 is 2.67 bits per heavy atom. The van der Waals surface area contributed by atoms with Gasteiger partial charge >= 0.3 is 5.97 Å². The highest BCUT2D eigenvalue weighted by Crippen LogP contribution is 2.18. The van der Waals surface area contributed by atoms with E-state index in [-0.39, 0.29) is 6.61 Å². The van der Waals surface area contributed by atoms with E-state index in [1.165, 1.54) is 6.92 Å². The van der Waals surface area contributed by atoms with Crippen LogP contribution in [0.25, 0.3) is 5.76 Å². The zero-order valence-electron chi connectivity index (χ0n) is 9.44. The first kappa shape index (κ1) is 13.8. The number of hydrogen-bond donors (Lipinski definition) is 1. The number of esters is 1. The van der Waals surface area contributed by atoms with Crippen molar-refractivity contribution < 1.29 is 28.2 Å². The number of hydrogen-bond acceptors (Lipinski definition) is 4. The van der Waals surface area contributed by atoms with Crippen LogP contribution in [0.5, 0.6) is 0 Å². The van der Waals surface area contributed by atoms with E-state index in [2.05, 4.69) is 4.74 Å². The Kier molecular flexibility index (Phi) is 4.53. The van der Waals surface area contributed by atoms with Crippen molar-refractivity contribution >= 4 is 17.5 Å². The summed E-state index contributed by atoms with van der Waals surface area (Å²) in [5.41, 5.74) is -0.507. The predicted molar refractivity (Wildman–Crippen MR) is 58.6 cm³/mol. The molecule has 0 aliphatic carbocycles. The predicted octanol–water partition coefficient (Wildman–Crippen LogP) is 2.00. The third-order valence-corrected chi connectivity index (χ3v) is 1.97. The minimum absolute atomic E-state index is 0.00645. The van der Waals surface area contributed by atoms with Gasteiger partial charge in [0.15, 0.2) is 11.6 Å². The molecule has 1 N–H and O–H groups in total. The summed E-state index contributed by atoms with van der Waals surface area (Å²) in [4.78, 5) is 22.2. The summed E-state index contributed by atoms with van der Waals surface area (Å²) in [6, 6.07) is 3.09. The van der Waals surface area contributed by atoms with Crippen LogP contribution in [0, 0.1) is 11.6 Å². The molecule has 0 amide bonds. The van der Waals surface area contributed by atoms with Crippen LogP contribution < -0.4 is 0 Å². The number of ether oxygens (including phenoxy) is 1. The normalized spacial score (nSPS) is 11.2. The Morgan fingerprint density at radius 1 is 1.39 bits per heavy atom. The fourth-order valence-electron chi connectivity index (χ4n) is 1.16. The molecule has 0 atom stereocenters. The average molecular weight is 256 g/mol. The Balaban J connectivity index is 3.00. The van der Waals surface area contributed by atoms with Crippen molar-refractivity contribution in [3.05, 3.63) is 41.5 Å². The molecule has 0 aromatic heterocycles. The van der Waals surface area contributed by atoms with Crippen molar-refractivity contribution in [2.24, 2.45) is 0 Å². The molecule has 0 fully saturated rings. The molecule has 0 saturated heterocycles. The molecular weight excluding hydrogens is 246 g/mol. The fourth-order valence-corrected chi connectivity index (χ4v) is 1.16. The highest BCUT2D eigenvalue weighted by Gasteiger charge is 2.16. The van der Waals surface area contributed by atoms with E-state index in [1.807, 2.05) is 0 Å². The fraction of sp³-hybridized carbons (Fsp3) is 0.167. The van der Waals surface area contributed by atoms with Crippen molar-refractivity contribution in [3.63, 3.8) is 0 Å². The first-order valence-electron chi connectivity index (χ1n) is 5.03. The Labute approximate surface area is 101 Å². The number of carbonyl (C=O) groups excluding carboxylic acids is 2. The lowest BCUT2D eigenvalue weighted by molar-refractivity contribution is -0.151. The lowest BCUT2D eigenvalue weighted by atomic mass is 10.1. The van der Waals surface area contributed by atoms with Crippen molar-refractivity contribution in [1.82, 2.24) is 0 Å². The van der Waals surface area contributed by atoms with E-state index in [9.17, 15) is 23.5 Å². The number of aliphatic hydroxyl groups excluding tert-OH is 1. The van der Waals surface area contributed by atoms with Crippen LogP contribution in [-0.4, -0.2) is 23.5 Å². The van der Waals surface area contributed by atoms with Gasteiger partial charge in [0.1, 0.15) is 5.76 Å². The summed E-state index contributed by atoms with van der Waals surface area (Å²) in [6.45, 7) is 1.49. The van der Waals surface area contributed by atoms with Gasteiger partial charge in [-0.1, -0.05) is 6.07 Å². The standard InChI is InChI=1S/C12H10F2O4/c1-2-18-12(17)10(16)6-9(15)7-4-3-5-8(13)11(7)14/h3-6,15H,2H2,1H3/b9-6+. The largest absolute Gasteiger partial charge is 0.507 e. The second kappa shape index (κ2) is 5.90. The zero-order valence-corrected chi connectivity index (χ0v) is 9.44. The Hall–Kier alpha value is -2.24. The van der Waals surface area contributed by atoms with Gasteiger partial charge in [-0.25, -0.2) is 13.6 Å². The van der Waals surface area contributed by atoms with Crippen LogP contribution in [0.4, 0.5) is 8.78 Å². The van der Waals surface area contributed by atoms with Crippen LogP contribution in [0.1, 0.15) is 12.5 Å². The second-order valence-electron chi connectivity index (χ2n) is 3.22. The number of ketones is 1. The van der Waals surface area contributed by atoms with Crippen molar-refractivity contribution in [3.8, 4) is 0 Å². The molecule has 0 aliphatic rings. The SMILES string of the molecule is CCOC(=O)C(=O)/C=C(/O)c1cccc(F)c1F. The maximum atomic E-state index is 13.2. The smallest absolute Gasteiger partial charge is 0.379 e. The summed E-state index contributed by atoms with van der Waals surface area (Å²) in [7, 11) is 0. The molecule has 1 aromatic carbocycles. The van der Waals surface area contributed by atoms with Gasteiger partial charge in [-0.3, -0.25) is 4.79 Å². The molecule has 0 unspecified atom stereocenters. The van der Waals surface area contributed by atoms with E-state index in [1.54, 1.807) is 0 Å². The van der Waals surface area contributed by atoms with Gasteiger partial charge in [0.2, 0.25) is 0 Å². The first-order chi connectivity index (χ1) is 8.47. The topological polar surface area (TPSA) is 63.6 Å². The van der Waals surface area contributed by atoms with Crippen LogP contribution in [-0.2, 0) is 14.3 Å². The van der Waals surface area contributed by atoms with Gasteiger partial charge in [-0.2, -0.15) is 0 Å². The maximum Gasteiger partial charge on any atom is 0.379 e. The van der Waals surface area contributed by atoms with Crippen molar-refractivity contribution in [2.75, 3.05) is 6.61 Å². The average Bonchev–Trinajstić information content (AvgIpc) is 2.32. The van der Waals surface area contributed by atoms with Crippen LogP contribution in [0.15, 0.2) is 24.3 Å². The number of carbonyl (C=O) groups is 2. The van der Waals surface area contributed by atoms with Crippen molar-refractivity contribution in [1.29, 1.82) is 0 Å². The van der Waals surface area contributed by atoms with Crippen LogP contribution >= 0.6 is 0 Å².